The highest BCUT2D eigenvalue weighted by molar-refractivity contribution is 6.15. The molecule has 0 aromatic heterocycles. The van der Waals surface area contributed by atoms with E-state index >= 15 is 0 Å². The maximum Gasteiger partial charge on any atom is 0.197 e. The fraction of sp³-hybridized carbons (Fsp3) is 0.629. The minimum atomic E-state index is 0.140. The fourth-order valence-corrected chi connectivity index (χ4v) is 6.46. The molecule has 7 nitrogen and oxygen atoms in total. The van der Waals surface area contributed by atoms with Crippen LogP contribution in [0.25, 0.3) is 0 Å². The third-order valence-corrected chi connectivity index (χ3v) is 9.35. The van der Waals surface area contributed by atoms with Crippen molar-refractivity contribution in [1.29, 1.82) is 0 Å². The molecule has 0 radical (unpaired) electrons. The van der Waals surface area contributed by atoms with E-state index in [2.05, 4.69) is 122 Å². The van der Waals surface area contributed by atoms with Gasteiger partial charge in [0.2, 0.25) is 0 Å². The monoisotopic (exact) mass is 576 g/mol. The summed E-state index contributed by atoms with van der Waals surface area (Å²) in [4.78, 5) is 29.1. The normalized spacial score (nSPS) is 18.6. The molecule has 2 heterocycles. The van der Waals surface area contributed by atoms with Gasteiger partial charge in [0.25, 0.3) is 0 Å². The number of hydrogen-bond donors (Lipinski definition) is 0. The molecule has 2 atom stereocenters. The van der Waals surface area contributed by atoms with E-state index in [0.29, 0.717) is 12.1 Å². The summed E-state index contributed by atoms with van der Waals surface area (Å²) < 4.78 is 0. The lowest BCUT2D eigenvalue weighted by atomic mass is 9.95. The highest BCUT2D eigenvalue weighted by Gasteiger charge is 2.28. The number of hydrogen-bond acceptors (Lipinski definition) is 7. The van der Waals surface area contributed by atoms with Crippen molar-refractivity contribution in [3.63, 3.8) is 0 Å². The van der Waals surface area contributed by atoms with Crippen LogP contribution in [-0.4, -0.2) is 118 Å². The largest absolute Gasteiger partial charge is 0.368 e. The van der Waals surface area contributed by atoms with Crippen LogP contribution in [0, 0.1) is 0 Å². The smallest absolute Gasteiger partial charge is 0.197 e. The lowest BCUT2D eigenvalue weighted by Gasteiger charge is -2.40. The Morgan fingerprint density at radius 1 is 0.643 bits per heavy atom. The van der Waals surface area contributed by atoms with Crippen molar-refractivity contribution in [2.75, 3.05) is 90.3 Å². The summed E-state index contributed by atoms with van der Waals surface area (Å²) >= 11 is 0. The van der Waals surface area contributed by atoms with Gasteiger partial charge >= 0.3 is 0 Å². The molecular weight excluding hydrogens is 520 g/mol. The van der Waals surface area contributed by atoms with Gasteiger partial charge in [0.05, 0.1) is 0 Å². The van der Waals surface area contributed by atoms with Gasteiger partial charge in [-0.15, -0.1) is 0 Å². The molecule has 0 spiro atoms. The summed E-state index contributed by atoms with van der Waals surface area (Å²) in [7, 11) is 8.41. The second kappa shape index (κ2) is 14.8. The number of carbonyl (C=O) groups is 1. The van der Waals surface area contributed by atoms with Crippen LogP contribution < -0.4 is 9.80 Å². The number of benzene rings is 2. The quantitative estimate of drug-likeness (QED) is 0.333. The Hall–Kier alpha value is -2.45. The zero-order chi connectivity index (χ0) is 30.4. The molecule has 0 saturated carbocycles. The lowest BCUT2D eigenvalue weighted by Crippen LogP contribution is -2.50. The molecule has 0 amide bonds. The third kappa shape index (κ3) is 7.93. The van der Waals surface area contributed by atoms with Crippen LogP contribution in [0.4, 0.5) is 11.4 Å². The van der Waals surface area contributed by atoms with E-state index in [1.807, 2.05) is 0 Å². The minimum absolute atomic E-state index is 0.140. The van der Waals surface area contributed by atoms with Crippen molar-refractivity contribution in [3.05, 3.63) is 58.7 Å². The molecule has 0 aliphatic carbocycles. The zero-order valence-corrected chi connectivity index (χ0v) is 27.7. The highest BCUT2D eigenvalue weighted by Crippen LogP contribution is 2.32. The maximum atomic E-state index is 14.6. The predicted octanol–water partition coefficient (Wildman–Crippen LogP) is 4.88. The second-order valence-corrected chi connectivity index (χ2v) is 13.1. The van der Waals surface area contributed by atoms with Gasteiger partial charge in [-0.1, -0.05) is 26.0 Å². The van der Waals surface area contributed by atoms with E-state index in [1.54, 1.807) is 0 Å². The third-order valence-electron chi connectivity index (χ3n) is 9.35. The zero-order valence-electron chi connectivity index (χ0n) is 27.7. The van der Waals surface area contributed by atoms with Crippen molar-refractivity contribution < 1.29 is 4.79 Å². The van der Waals surface area contributed by atoms with Crippen molar-refractivity contribution in [2.24, 2.45) is 0 Å². The van der Waals surface area contributed by atoms with Crippen LogP contribution in [0.5, 0.6) is 0 Å². The van der Waals surface area contributed by atoms with Crippen LogP contribution >= 0.6 is 0 Å². The van der Waals surface area contributed by atoms with E-state index < -0.39 is 0 Å². The Labute approximate surface area is 256 Å². The van der Waals surface area contributed by atoms with Crippen LogP contribution in [0.1, 0.15) is 67.6 Å². The van der Waals surface area contributed by atoms with Gasteiger partial charge in [-0.05, 0) is 90.3 Å². The SMILES string of the molecule is CCC(C)N1CCN(c2cc(CN(C)C)ccc2C(=O)c2ccc(CN(C)C)cc2N2CCN(C(C)CC)CC2)CC1. The number of ketones is 1. The Balaban J connectivity index is 1.68. The summed E-state index contributed by atoms with van der Waals surface area (Å²) in [6, 6.07) is 14.2. The first-order valence-corrected chi connectivity index (χ1v) is 16.2. The van der Waals surface area contributed by atoms with Gasteiger partial charge in [-0.3, -0.25) is 14.6 Å². The Morgan fingerprint density at radius 3 is 1.31 bits per heavy atom. The number of carbonyl (C=O) groups excluding carboxylic acids is 1. The maximum absolute atomic E-state index is 14.6. The van der Waals surface area contributed by atoms with E-state index in [1.165, 1.54) is 24.0 Å². The summed E-state index contributed by atoms with van der Waals surface area (Å²) in [5.41, 5.74) is 6.34. The number of rotatable bonds is 12. The van der Waals surface area contributed by atoms with E-state index in [9.17, 15) is 4.79 Å². The number of piperazine rings is 2. The van der Waals surface area contributed by atoms with E-state index in [4.69, 9.17) is 0 Å². The molecule has 2 fully saturated rings. The van der Waals surface area contributed by atoms with Crippen LogP contribution in [0.2, 0.25) is 0 Å². The molecule has 2 aliphatic heterocycles. The molecule has 2 saturated heterocycles. The first kappa shape index (κ1) is 32.5. The molecule has 2 unspecified atom stereocenters. The lowest BCUT2D eigenvalue weighted by molar-refractivity contribution is 0.103. The molecule has 4 rings (SSSR count). The van der Waals surface area contributed by atoms with Gasteiger partial charge in [0.1, 0.15) is 0 Å². The van der Waals surface area contributed by atoms with Gasteiger partial charge in [-0.2, -0.15) is 0 Å². The number of anilines is 2. The molecular formula is C35H56N6O. The average Bonchev–Trinajstić information content (AvgIpc) is 2.99. The molecule has 0 bridgehead atoms. The number of nitrogens with zero attached hydrogens (tertiary/aromatic N) is 6. The van der Waals surface area contributed by atoms with Crippen molar-refractivity contribution >= 4 is 17.2 Å². The van der Waals surface area contributed by atoms with Crippen LogP contribution in [0.3, 0.4) is 0 Å². The van der Waals surface area contributed by atoms with Gasteiger partial charge in [0.15, 0.2) is 5.78 Å². The van der Waals surface area contributed by atoms with Crippen LogP contribution in [-0.2, 0) is 13.1 Å². The summed E-state index contributed by atoms with van der Waals surface area (Å²) in [5.74, 6) is 0.140. The molecule has 7 heteroatoms. The molecule has 42 heavy (non-hydrogen) atoms. The minimum Gasteiger partial charge on any atom is -0.368 e. The van der Waals surface area contributed by atoms with Crippen LogP contribution in [0.15, 0.2) is 36.4 Å². The Kier molecular flexibility index (Phi) is 11.5. The summed E-state index contributed by atoms with van der Waals surface area (Å²) in [6.45, 7) is 18.8. The molecule has 232 valence electrons. The van der Waals surface area contributed by atoms with Crippen molar-refractivity contribution in [1.82, 2.24) is 19.6 Å². The average molecular weight is 577 g/mol. The van der Waals surface area contributed by atoms with Gasteiger partial charge in [-0.25, -0.2) is 0 Å². The first-order valence-electron chi connectivity index (χ1n) is 16.2. The van der Waals surface area contributed by atoms with Gasteiger partial charge in [0, 0.05) is 100 Å². The summed E-state index contributed by atoms with van der Waals surface area (Å²) in [6.07, 6.45) is 2.33. The molecule has 2 aliphatic rings. The van der Waals surface area contributed by atoms with E-state index in [-0.39, 0.29) is 5.78 Å². The standard InChI is InChI=1S/C35H56N6O/c1-9-27(3)38-15-19-40(20-16-38)33-23-29(25-36(5)6)11-13-31(33)35(42)32-14-12-30(26-37(7)8)24-34(32)41-21-17-39(18-22-41)28(4)10-2/h11-14,23-24,27-28H,9-10,15-22,25-26H2,1-8H3. The molecule has 2 aromatic rings. The van der Waals surface area contributed by atoms with E-state index in [0.717, 1.165) is 87.9 Å². The van der Waals surface area contributed by atoms with Crippen molar-refractivity contribution in [2.45, 2.75) is 65.7 Å². The predicted molar refractivity (Wildman–Crippen MR) is 178 cm³/mol. The fourth-order valence-electron chi connectivity index (χ4n) is 6.46. The Bertz CT molecular complexity index is 1070. The summed E-state index contributed by atoms with van der Waals surface area (Å²) in [5, 5.41) is 0. The van der Waals surface area contributed by atoms with Gasteiger partial charge < -0.3 is 19.6 Å². The molecule has 2 aromatic carbocycles. The molecule has 0 N–H and O–H groups in total. The first-order chi connectivity index (χ1) is 20.1. The van der Waals surface area contributed by atoms with Crippen molar-refractivity contribution in [3.8, 4) is 0 Å². The topological polar surface area (TPSA) is 36.5 Å². The second-order valence-electron chi connectivity index (χ2n) is 13.1. The Morgan fingerprint density at radius 2 is 1.00 bits per heavy atom. The highest BCUT2D eigenvalue weighted by atomic mass is 16.1.